The molecule has 4 rings (SSSR count). The first-order valence-corrected chi connectivity index (χ1v) is 9.27. The summed E-state index contributed by atoms with van der Waals surface area (Å²) in [6, 6.07) is 22.3. The van der Waals surface area contributed by atoms with E-state index in [9.17, 15) is 9.90 Å². The number of rotatable bonds is 4. The lowest BCUT2D eigenvalue weighted by atomic mass is 10.00. The van der Waals surface area contributed by atoms with Crippen molar-refractivity contribution in [2.24, 2.45) is 0 Å². The van der Waals surface area contributed by atoms with Crippen LogP contribution in [0, 0.1) is 6.92 Å². The van der Waals surface area contributed by atoms with Crippen LogP contribution in [0.2, 0.25) is 0 Å². The first-order chi connectivity index (χ1) is 13.6. The van der Waals surface area contributed by atoms with Crippen LogP contribution in [0.5, 0.6) is 11.5 Å². The second-order valence-corrected chi connectivity index (χ2v) is 6.62. The van der Waals surface area contributed by atoms with Gasteiger partial charge in [0.15, 0.2) is 5.43 Å². The van der Waals surface area contributed by atoms with Gasteiger partial charge >= 0.3 is 0 Å². The molecule has 0 aliphatic rings. The third-order valence-corrected chi connectivity index (χ3v) is 4.86. The number of nitrogens with zero attached hydrogens (tertiary/aromatic N) is 1. The van der Waals surface area contributed by atoms with Gasteiger partial charge < -0.3 is 14.4 Å². The molecule has 0 aliphatic heterocycles. The highest BCUT2D eigenvalue weighted by molar-refractivity contribution is 5.88. The van der Waals surface area contributed by atoms with Crippen LogP contribution in [0.3, 0.4) is 0 Å². The molecule has 0 unspecified atom stereocenters. The van der Waals surface area contributed by atoms with Crippen LogP contribution in [0.25, 0.3) is 27.7 Å². The van der Waals surface area contributed by atoms with Crippen molar-refractivity contribution in [2.45, 2.75) is 13.8 Å². The first kappa shape index (κ1) is 17.9. The fourth-order valence-corrected chi connectivity index (χ4v) is 3.63. The summed E-state index contributed by atoms with van der Waals surface area (Å²) >= 11 is 0. The highest BCUT2D eigenvalue weighted by Gasteiger charge is 2.17. The summed E-state index contributed by atoms with van der Waals surface area (Å²) in [6.45, 7) is 4.51. The molecule has 1 N–H and O–H groups in total. The Kier molecular flexibility index (Phi) is 4.62. The summed E-state index contributed by atoms with van der Waals surface area (Å²) in [4.78, 5) is 13.3. The number of fused-ring (bicyclic) bond motifs is 1. The standard InChI is InChI=1S/C24H21NO3/c1-3-28-20-12-9-18(10-13-20)25-16(2)23(17-7-5-4-6-8-17)24(27)21-15-19(26)11-14-22(21)25/h4-15,26H,3H2,1-2H3. The number of benzene rings is 3. The van der Waals surface area contributed by atoms with Gasteiger partial charge in [0.1, 0.15) is 11.5 Å². The molecule has 0 amide bonds. The SMILES string of the molecule is CCOc1ccc(-n2c(C)c(-c3ccccc3)c(=O)c3cc(O)ccc32)cc1. The van der Waals surface area contributed by atoms with Crippen LogP contribution in [-0.2, 0) is 0 Å². The number of pyridine rings is 1. The van der Waals surface area contributed by atoms with E-state index in [4.69, 9.17) is 4.74 Å². The number of hydrogen-bond donors (Lipinski definition) is 1. The number of aromatic hydroxyl groups is 1. The van der Waals surface area contributed by atoms with Crippen molar-refractivity contribution in [3.05, 3.63) is 88.7 Å². The number of phenols is 1. The Morgan fingerprint density at radius 2 is 1.68 bits per heavy atom. The Labute approximate surface area is 163 Å². The monoisotopic (exact) mass is 371 g/mol. The van der Waals surface area contributed by atoms with Gasteiger partial charge in [-0.1, -0.05) is 30.3 Å². The average molecular weight is 371 g/mol. The Bertz CT molecular complexity index is 1190. The zero-order valence-electron chi connectivity index (χ0n) is 15.8. The van der Waals surface area contributed by atoms with Crippen molar-refractivity contribution in [1.82, 2.24) is 4.57 Å². The molecule has 0 fully saturated rings. The average Bonchev–Trinajstić information content (AvgIpc) is 2.71. The molecule has 4 heteroatoms. The van der Waals surface area contributed by atoms with Crippen LogP contribution in [0.1, 0.15) is 12.6 Å². The van der Waals surface area contributed by atoms with Crippen molar-refractivity contribution in [3.8, 4) is 28.3 Å². The highest BCUT2D eigenvalue weighted by Crippen LogP contribution is 2.29. The zero-order chi connectivity index (χ0) is 19.7. The molecule has 0 spiro atoms. The molecular weight excluding hydrogens is 350 g/mol. The van der Waals surface area contributed by atoms with Crippen LogP contribution >= 0.6 is 0 Å². The van der Waals surface area contributed by atoms with Gasteiger partial charge in [-0.25, -0.2) is 0 Å². The Hall–Kier alpha value is -3.53. The molecule has 4 nitrogen and oxygen atoms in total. The van der Waals surface area contributed by atoms with E-state index in [0.717, 1.165) is 28.2 Å². The normalized spacial score (nSPS) is 10.9. The number of ether oxygens (including phenoxy) is 1. The lowest BCUT2D eigenvalue weighted by Gasteiger charge is -2.19. The minimum absolute atomic E-state index is 0.0747. The third kappa shape index (κ3) is 3.03. The van der Waals surface area contributed by atoms with Gasteiger partial charge in [0, 0.05) is 16.9 Å². The maximum atomic E-state index is 13.3. The summed E-state index contributed by atoms with van der Waals surface area (Å²) < 4.78 is 7.60. The number of hydrogen-bond acceptors (Lipinski definition) is 3. The molecule has 28 heavy (non-hydrogen) atoms. The summed E-state index contributed by atoms with van der Waals surface area (Å²) in [7, 11) is 0. The maximum Gasteiger partial charge on any atom is 0.197 e. The van der Waals surface area contributed by atoms with E-state index in [0.29, 0.717) is 17.6 Å². The predicted molar refractivity (Wildman–Crippen MR) is 113 cm³/mol. The number of aromatic nitrogens is 1. The van der Waals surface area contributed by atoms with E-state index >= 15 is 0 Å². The molecule has 1 aromatic heterocycles. The van der Waals surface area contributed by atoms with E-state index in [2.05, 4.69) is 0 Å². The minimum Gasteiger partial charge on any atom is -0.508 e. The summed E-state index contributed by atoms with van der Waals surface area (Å²) in [6.07, 6.45) is 0. The quantitative estimate of drug-likeness (QED) is 0.545. The van der Waals surface area contributed by atoms with Crippen molar-refractivity contribution >= 4 is 10.9 Å². The Morgan fingerprint density at radius 3 is 2.36 bits per heavy atom. The molecule has 0 bridgehead atoms. The van der Waals surface area contributed by atoms with Gasteiger partial charge in [0.2, 0.25) is 0 Å². The lowest BCUT2D eigenvalue weighted by molar-refractivity contribution is 0.340. The maximum absolute atomic E-state index is 13.3. The first-order valence-electron chi connectivity index (χ1n) is 9.27. The van der Waals surface area contributed by atoms with Crippen molar-refractivity contribution in [1.29, 1.82) is 0 Å². The van der Waals surface area contributed by atoms with E-state index < -0.39 is 0 Å². The molecule has 0 saturated heterocycles. The second-order valence-electron chi connectivity index (χ2n) is 6.62. The lowest BCUT2D eigenvalue weighted by Crippen LogP contribution is -2.15. The van der Waals surface area contributed by atoms with Gasteiger partial charge in [0.25, 0.3) is 0 Å². The molecule has 0 saturated carbocycles. The van der Waals surface area contributed by atoms with E-state index in [1.165, 1.54) is 6.07 Å². The van der Waals surface area contributed by atoms with Gasteiger partial charge in [-0.05, 0) is 61.9 Å². The van der Waals surface area contributed by atoms with E-state index in [1.807, 2.05) is 73.0 Å². The topological polar surface area (TPSA) is 51.5 Å². The number of phenolic OH excluding ortho intramolecular Hbond substituents is 1. The van der Waals surface area contributed by atoms with Gasteiger partial charge in [-0.3, -0.25) is 4.79 Å². The van der Waals surface area contributed by atoms with Crippen molar-refractivity contribution < 1.29 is 9.84 Å². The third-order valence-electron chi connectivity index (χ3n) is 4.86. The van der Waals surface area contributed by atoms with E-state index in [1.54, 1.807) is 12.1 Å². The Morgan fingerprint density at radius 1 is 0.964 bits per heavy atom. The molecule has 140 valence electrons. The molecule has 4 aromatic rings. The molecule has 0 aliphatic carbocycles. The smallest absolute Gasteiger partial charge is 0.197 e. The fourth-order valence-electron chi connectivity index (χ4n) is 3.63. The predicted octanol–water partition coefficient (Wildman–Crippen LogP) is 5.07. The largest absolute Gasteiger partial charge is 0.508 e. The summed E-state index contributed by atoms with van der Waals surface area (Å²) in [5.41, 5.74) is 3.93. The van der Waals surface area contributed by atoms with Crippen molar-refractivity contribution in [2.75, 3.05) is 6.61 Å². The fraction of sp³-hybridized carbons (Fsp3) is 0.125. The van der Waals surface area contributed by atoms with Gasteiger partial charge in [-0.2, -0.15) is 0 Å². The Balaban J connectivity index is 2.06. The minimum atomic E-state index is -0.0863. The molecule has 3 aromatic carbocycles. The zero-order valence-corrected chi connectivity index (χ0v) is 15.8. The highest BCUT2D eigenvalue weighted by atomic mass is 16.5. The second kappa shape index (κ2) is 7.24. The summed E-state index contributed by atoms with van der Waals surface area (Å²) in [5, 5.41) is 10.5. The van der Waals surface area contributed by atoms with Crippen LogP contribution in [-0.4, -0.2) is 16.3 Å². The van der Waals surface area contributed by atoms with Gasteiger partial charge in [0.05, 0.1) is 17.5 Å². The molecule has 0 atom stereocenters. The van der Waals surface area contributed by atoms with Crippen LogP contribution < -0.4 is 10.2 Å². The van der Waals surface area contributed by atoms with Crippen LogP contribution in [0.4, 0.5) is 0 Å². The van der Waals surface area contributed by atoms with E-state index in [-0.39, 0.29) is 11.2 Å². The molecule has 1 heterocycles. The van der Waals surface area contributed by atoms with Gasteiger partial charge in [-0.15, -0.1) is 0 Å². The molecular formula is C24H21NO3. The van der Waals surface area contributed by atoms with Crippen molar-refractivity contribution in [3.63, 3.8) is 0 Å². The van der Waals surface area contributed by atoms with Crippen LogP contribution in [0.15, 0.2) is 77.6 Å². The summed E-state index contributed by atoms with van der Waals surface area (Å²) in [5.74, 6) is 0.876. The molecule has 0 radical (unpaired) electrons.